The standard InChI is InChI=1S/C16H23NO3/c1-2-17(13-6-4-3-5-7-13)11-16(20)12-8-9-14(18)15(19)10-12/h8-10,13,18-19H,2-7,11H2,1H3. The smallest absolute Gasteiger partial charge is 0.176 e. The Kier molecular flexibility index (Phi) is 5.01. The molecule has 4 heteroatoms. The molecule has 2 rings (SSSR count). The van der Waals surface area contributed by atoms with Crippen molar-refractivity contribution in [3.8, 4) is 11.5 Å². The first-order valence-corrected chi connectivity index (χ1v) is 7.41. The van der Waals surface area contributed by atoms with Crippen LogP contribution in [0, 0.1) is 0 Å². The fourth-order valence-electron chi connectivity index (χ4n) is 2.92. The van der Waals surface area contributed by atoms with E-state index in [1.54, 1.807) is 6.07 Å². The average molecular weight is 277 g/mol. The highest BCUT2D eigenvalue weighted by molar-refractivity contribution is 5.98. The number of likely N-dealkylation sites (N-methyl/N-ethyl adjacent to an activating group) is 1. The maximum Gasteiger partial charge on any atom is 0.176 e. The van der Waals surface area contributed by atoms with Gasteiger partial charge in [0.15, 0.2) is 17.3 Å². The largest absolute Gasteiger partial charge is 0.504 e. The second-order valence-corrected chi connectivity index (χ2v) is 5.48. The lowest BCUT2D eigenvalue weighted by Gasteiger charge is -2.33. The predicted octanol–water partition coefficient (Wildman–Crippen LogP) is 2.94. The highest BCUT2D eigenvalue weighted by atomic mass is 16.3. The Labute approximate surface area is 120 Å². The van der Waals surface area contributed by atoms with E-state index in [0.717, 1.165) is 6.54 Å². The number of Topliss-reactive ketones (excluding diaryl/α,β-unsaturated/α-hetero) is 1. The van der Waals surface area contributed by atoms with E-state index in [-0.39, 0.29) is 17.3 Å². The van der Waals surface area contributed by atoms with Gasteiger partial charge in [-0.15, -0.1) is 0 Å². The third-order valence-electron chi connectivity index (χ3n) is 4.14. The molecule has 1 aliphatic carbocycles. The normalized spacial score (nSPS) is 16.5. The average Bonchev–Trinajstić information content (AvgIpc) is 2.48. The fraction of sp³-hybridized carbons (Fsp3) is 0.562. The van der Waals surface area contributed by atoms with Crippen LogP contribution >= 0.6 is 0 Å². The minimum atomic E-state index is -0.239. The van der Waals surface area contributed by atoms with Crippen molar-refractivity contribution in [2.75, 3.05) is 13.1 Å². The molecule has 1 aromatic rings. The van der Waals surface area contributed by atoms with E-state index in [2.05, 4.69) is 11.8 Å². The minimum Gasteiger partial charge on any atom is -0.504 e. The molecule has 4 nitrogen and oxygen atoms in total. The summed E-state index contributed by atoms with van der Waals surface area (Å²) in [5, 5.41) is 18.8. The van der Waals surface area contributed by atoms with Crippen LogP contribution in [0.3, 0.4) is 0 Å². The van der Waals surface area contributed by atoms with Gasteiger partial charge in [-0.05, 0) is 37.6 Å². The van der Waals surface area contributed by atoms with Crippen LogP contribution in [0.5, 0.6) is 11.5 Å². The molecule has 0 bridgehead atoms. The van der Waals surface area contributed by atoms with Crippen molar-refractivity contribution in [3.05, 3.63) is 23.8 Å². The predicted molar refractivity (Wildman–Crippen MR) is 78.2 cm³/mol. The van der Waals surface area contributed by atoms with E-state index in [0.29, 0.717) is 18.2 Å². The van der Waals surface area contributed by atoms with Gasteiger partial charge in [-0.2, -0.15) is 0 Å². The molecule has 0 unspecified atom stereocenters. The lowest BCUT2D eigenvalue weighted by molar-refractivity contribution is 0.0868. The molecule has 110 valence electrons. The number of rotatable bonds is 5. The number of phenols is 2. The van der Waals surface area contributed by atoms with Crippen molar-refractivity contribution in [2.24, 2.45) is 0 Å². The fourth-order valence-corrected chi connectivity index (χ4v) is 2.92. The SMILES string of the molecule is CCN(CC(=O)c1ccc(O)c(O)c1)C1CCCCC1. The summed E-state index contributed by atoms with van der Waals surface area (Å²) in [4.78, 5) is 14.5. The summed E-state index contributed by atoms with van der Waals surface area (Å²) in [5.41, 5.74) is 0.453. The number of carbonyl (C=O) groups is 1. The van der Waals surface area contributed by atoms with Crippen LogP contribution in [0.1, 0.15) is 49.4 Å². The Morgan fingerprint density at radius 3 is 2.50 bits per heavy atom. The number of phenolic OH excluding ortho intramolecular Hbond substituents is 2. The zero-order valence-corrected chi connectivity index (χ0v) is 12.0. The molecular weight excluding hydrogens is 254 g/mol. The van der Waals surface area contributed by atoms with Crippen molar-refractivity contribution in [1.82, 2.24) is 4.90 Å². The molecule has 0 amide bonds. The molecule has 0 saturated heterocycles. The van der Waals surface area contributed by atoms with E-state index < -0.39 is 0 Å². The number of ketones is 1. The number of aromatic hydroxyl groups is 2. The van der Waals surface area contributed by atoms with Gasteiger partial charge in [-0.3, -0.25) is 9.69 Å². The highest BCUT2D eigenvalue weighted by Gasteiger charge is 2.22. The molecule has 1 aliphatic rings. The van der Waals surface area contributed by atoms with E-state index >= 15 is 0 Å². The minimum absolute atomic E-state index is 0.00674. The molecule has 0 aromatic heterocycles. The molecule has 0 aliphatic heterocycles. The monoisotopic (exact) mass is 277 g/mol. The van der Waals surface area contributed by atoms with Crippen molar-refractivity contribution >= 4 is 5.78 Å². The van der Waals surface area contributed by atoms with Gasteiger partial charge in [-0.1, -0.05) is 26.2 Å². The molecule has 0 radical (unpaired) electrons. The third kappa shape index (κ3) is 3.51. The van der Waals surface area contributed by atoms with Crippen molar-refractivity contribution in [2.45, 2.75) is 45.1 Å². The van der Waals surface area contributed by atoms with Gasteiger partial charge in [0, 0.05) is 11.6 Å². The number of nitrogens with zero attached hydrogens (tertiary/aromatic N) is 1. The molecule has 2 N–H and O–H groups in total. The van der Waals surface area contributed by atoms with E-state index in [9.17, 15) is 15.0 Å². The molecule has 1 aromatic carbocycles. The van der Waals surface area contributed by atoms with E-state index in [1.807, 2.05) is 0 Å². The Hall–Kier alpha value is -1.55. The molecule has 0 atom stereocenters. The highest BCUT2D eigenvalue weighted by Crippen LogP contribution is 2.26. The quantitative estimate of drug-likeness (QED) is 0.641. The van der Waals surface area contributed by atoms with E-state index in [1.165, 1.54) is 44.2 Å². The number of hydrogen-bond donors (Lipinski definition) is 2. The lowest BCUT2D eigenvalue weighted by atomic mass is 9.94. The molecule has 1 fully saturated rings. The first kappa shape index (κ1) is 14.9. The number of hydrogen-bond acceptors (Lipinski definition) is 4. The van der Waals surface area contributed by atoms with Crippen LogP contribution < -0.4 is 0 Å². The van der Waals surface area contributed by atoms with Gasteiger partial charge >= 0.3 is 0 Å². The molecule has 1 saturated carbocycles. The summed E-state index contributed by atoms with van der Waals surface area (Å²) < 4.78 is 0. The molecular formula is C16H23NO3. The van der Waals surface area contributed by atoms with Crippen LogP contribution in [0.2, 0.25) is 0 Å². The van der Waals surface area contributed by atoms with Crippen LogP contribution in [0.4, 0.5) is 0 Å². The summed E-state index contributed by atoms with van der Waals surface area (Å²) in [7, 11) is 0. The molecule has 0 spiro atoms. The second-order valence-electron chi connectivity index (χ2n) is 5.48. The Morgan fingerprint density at radius 2 is 1.90 bits per heavy atom. The molecule has 20 heavy (non-hydrogen) atoms. The Bertz CT molecular complexity index is 467. The topological polar surface area (TPSA) is 60.8 Å². The number of benzene rings is 1. The zero-order valence-electron chi connectivity index (χ0n) is 12.0. The third-order valence-corrected chi connectivity index (χ3v) is 4.14. The van der Waals surface area contributed by atoms with Crippen molar-refractivity contribution in [3.63, 3.8) is 0 Å². The van der Waals surface area contributed by atoms with Gasteiger partial charge < -0.3 is 10.2 Å². The summed E-state index contributed by atoms with van der Waals surface area (Å²) >= 11 is 0. The maximum atomic E-state index is 12.3. The van der Waals surface area contributed by atoms with Gasteiger partial charge in [-0.25, -0.2) is 0 Å². The van der Waals surface area contributed by atoms with Crippen molar-refractivity contribution in [1.29, 1.82) is 0 Å². The first-order valence-electron chi connectivity index (χ1n) is 7.41. The Balaban J connectivity index is 2.02. The van der Waals surface area contributed by atoms with E-state index in [4.69, 9.17) is 0 Å². The first-order chi connectivity index (χ1) is 9.61. The van der Waals surface area contributed by atoms with Gasteiger partial charge in [0.2, 0.25) is 0 Å². The Morgan fingerprint density at radius 1 is 1.20 bits per heavy atom. The summed E-state index contributed by atoms with van der Waals surface area (Å²) in [5.74, 6) is -0.439. The van der Waals surface area contributed by atoms with Crippen LogP contribution in [0.25, 0.3) is 0 Å². The van der Waals surface area contributed by atoms with Crippen LogP contribution in [0.15, 0.2) is 18.2 Å². The zero-order chi connectivity index (χ0) is 14.5. The van der Waals surface area contributed by atoms with Gasteiger partial charge in [0.25, 0.3) is 0 Å². The van der Waals surface area contributed by atoms with Crippen LogP contribution in [-0.2, 0) is 0 Å². The van der Waals surface area contributed by atoms with Crippen LogP contribution in [-0.4, -0.2) is 40.0 Å². The summed E-state index contributed by atoms with van der Waals surface area (Å²) in [6.07, 6.45) is 6.13. The summed E-state index contributed by atoms with van der Waals surface area (Å²) in [6, 6.07) is 4.76. The second kappa shape index (κ2) is 6.75. The number of carbonyl (C=O) groups excluding carboxylic acids is 1. The maximum absolute atomic E-state index is 12.3. The molecule has 0 heterocycles. The van der Waals surface area contributed by atoms with Gasteiger partial charge in [0.05, 0.1) is 6.54 Å². The summed E-state index contributed by atoms with van der Waals surface area (Å²) in [6.45, 7) is 3.32. The van der Waals surface area contributed by atoms with Gasteiger partial charge in [0.1, 0.15) is 0 Å². The lowest BCUT2D eigenvalue weighted by Crippen LogP contribution is -2.40. The van der Waals surface area contributed by atoms with Crippen molar-refractivity contribution < 1.29 is 15.0 Å².